The molecule has 9 nitrogen and oxygen atoms in total. The van der Waals surface area contributed by atoms with Crippen molar-refractivity contribution in [3.8, 4) is 0 Å². The van der Waals surface area contributed by atoms with Crippen LogP contribution in [0.1, 0.15) is 206 Å². The molecule has 1 aliphatic carbocycles. The van der Waals surface area contributed by atoms with E-state index in [0.717, 1.165) is 87.4 Å². The summed E-state index contributed by atoms with van der Waals surface area (Å²) in [5.41, 5.74) is 13.3. The van der Waals surface area contributed by atoms with E-state index in [4.69, 9.17) is 19.4 Å². The van der Waals surface area contributed by atoms with E-state index < -0.39 is 11.9 Å². The molecule has 65 heavy (non-hydrogen) atoms. The van der Waals surface area contributed by atoms with E-state index in [0.29, 0.717) is 39.8 Å². The number of nitrogens with one attached hydrogen (secondary N) is 2. The van der Waals surface area contributed by atoms with Crippen molar-refractivity contribution >= 4 is 80.1 Å². The van der Waals surface area contributed by atoms with Gasteiger partial charge in [-0.05, 0) is 101 Å². The van der Waals surface area contributed by atoms with Crippen molar-refractivity contribution in [3.63, 3.8) is 0 Å². The number of hydrogen-bond donors (Lipinski definition) is 0. The van der Waals surface area contributed by atoms with Gasteiger partial charge in [0, 0.05) is 28.7 Å². The summed E-state index contributed by atoms with van der Waals surface area (Å²) >= 11 is 0. The van der Waals surface area contributed by atoms with Crippen LogP contribution in [0.3, 0.4) is 0 Å². The van der Waals surface area contributed by atoms with Gasteiger partial charge < -0.3 is 19.4 Å². The van der Waals surface area contributed by atoms with Crippen molar-refractivity contribution in [1.29, 1.82) is 0 Å². The molecule has 10 heteroatoms. The van der Waals surface area contributed by atoms with E-state index in [9.17, 15) is 14.4 Å². The molecule has 3 aromatic heterocycles. The first-order chi connectivity index (χ1) is 30.6. The molecule has 5 heterocycles. The predicted octanol–water partition coefficient (Wildman–Crippen LogP) is 11.7. The molecule has 0 radical (unpaired) electrons. The number of Topliss-reactive ketones (excluding diaryl/α,β-unsaturated/α-hetero) is 1. The molecule has 5 atom stereocenters. The zero-order chi connectivity index (χ0) is 46.4. The Morgan fingerprint density at radius 2 is 1.51 bits per heavy atom. The number of fused-ring (bicyclic) bond motifs is 8. The van der Waals surface area contributed by atoms with Crippen LogP contribution in [0, 0.1) is 31.6 Å². The maximum absolute atomic E-state index is 14.4. The zero-order valence-corrected chi connectivity index (χ0v) is 42.8. The van der Waals surface area contributed by atoms with E-state index in [1.807, 2.05) is 25.1 Å². The average molecular weight is 896 g/mol. The maximum Gasteiger partial charge on any atom is 2.00 e. The summed E-state index contributed by atoms with van der Waals surface area (Å²) in [7, 11) is 1.31. The van der Waals surface area contributed by atoms with Crippen LogP contribution in [0.2, 0.25) is 0 Å². The molecule has 3 aromatic rings. The number of allylic oxidation sites excluding steroid dienone is 3. The summed E-state index contributed by atoms with van der Waals surface area (Å²) in [5, 5.41) is 0. The Kier molecular flexibility index (Phi) is 18.3. The van der Waals surface area contributed by atoms with Crippen molar-refractivity contribution in [1.82, 2.24) is 9.97 Å². The molecule has 0 unspecified atom stereocenters. The normalized spacial score (nSPS) is 17.9. The van der Waals surface area contributed by atoms with E-state index in [1.54, 1.807) is 0 Å². The minimum atomic E-state index is -1.18. The second-order valence-electron chi connectivity index (χ2n) is 19.6. The van der Waals surface area contributed by atoms with Crippen molar-refractivity contribution < 1.29 is 33.8 Å². The van der Waals surface area contributed by atoms with Crippen molar-refractivity contribution in [2.75, 3.05) is 13.7 Å². The SMILES string of the molecule is C=Cc1c(C)c2cc3[nH+]c(c4c5[n-]c(cc6[nH+]c(cc1[n-]2)C(C)=C6CC)c(C)c5C(=O)[C@@H]4C(=O)OC)[C@@H](CCC(=O)OC/C=C(\C)CCC[C@H](C)CCC[C@H](C)CCCC(C)C)[C@@H]3C.[Mg+2]. The van der Waals surface area contributed by atoms with Gasteiger partial charge in [-0.3, -0.25) is 14.4 Å². The molecule has 3 aliphatic rings. The largest absolute Gasteiger partial charge is 2.00 e. The first kappa shape index (κ1) is 51.7. The number of ether oxygens (including phenoxy) is 2. The minimum Gasteiger partial charge on any atom is -0.657 e. The monoisotopic (exact) mass is 895 g/mol. The number of ketones is 1. The zero-order valence-electron chi connectivity index (χ0n) is 41.4. The van der Waals surface area contributed by atoms with Gasteiger partial charge in [-0.1, -0.05) is 116 Å². The molecule has 6 rings (SSSR count). The Bertz CT molecular complexity index is 2490. The topological polar surface area (TPSA) is 126 Å². The molecule has 2 N–H and O–H groups in total. The van der Waals surface area contributed by atoms with E-state index in [1.165, 1.54) is 57.6 Å². The molecule has 0 aromatic carbocycles. The Hall–Kier alpha value is -4.28. The van der Waals surface area contributed by atoms with Gasteiger partial charge in [0.1, 0.15) is 12.5 Å². The van der Waals surface area contributed by atoms with Gasteiger partial charge in [0.15, 0.2) is 17.2 Å². The summed E-state index contributed by atoms with van der Waals surface area (Å²) in [6.45, 7) is 26.2. The van der Waals surface area contributed by atoms with Gasteiger partial charge in [0.05, 0.1) is 18.9 Å². The maximum atomic E-state index is 14.4. The summed E-state index contributed by atoms with van der Waals surface area (Å²) < 4.78 is 11.1. The van der Waals surface area contributed by atoms with E-state index in [-0.39, 0.29) is 59.7 Å². The van der Waals surface area contributed by atoms with Crippen LogP contribution in [0.4, 0.5) is 0 Å². The van der Waals surface area contributed by atoms with E-state index in [2.05, 4.69) is 91.0 Å². The Balaban J connectivity index is 0.00000793. The predicted molar refractivity (Wildman–Crippen MR) is 263 cm³/mol. The van der Waals surface area contributed by atoms with Crippen molar-refractivity contribution in [2.24, 2.45) is 17.8 Å². The van der Waals surface area contributed by atoms with Crippen LogP contribution in [0.5, 0.6) is 0 Å². The van der Waals surface area contributed by atoms with Crippen LogP contribution in [0.25, 0.3) is 39.3 Å². The van der Waals surface area contributed by atoms with Gasteiger partial charge in [-0.25, -0.2) is 9.97 Å². The molecule has 0 fully saturated rings. The number of rotatable bonds is 20. The van der Waals surface area contributed by atoms with Crippen LogP contribution < -0.4 is 19.9 Å². The third kappa shape index (κ3) is 11.6. The number of aryl methyl sites for hydroxylation is 2. The number of aromatic amines is 2. The van der Waals surface area contributed by atoms with Crippen LogP contribution >= 0.6 is 0 Å². The Labute approximate surface area is 404 Å². The summed E-state index contributed by atoms with van der Waals surface area (Å²) in [6.07, 6.45) is 16.6. The third-order valence-corrected chi connectivity index (χ3v) is 14.4. The minimum absolute atomic E-state index is 0. The fourth-order valence-corrected chi connectivity index (χ4v) is 10.3. The molecule has 0 spiro atoms. The third-order valence-electron chi connectivity index (χ3n) is 14.4. The molecule has 0 saturated carbocycles. The number of nitrogens with zero attached hydrogens (tertiary/aromatic N) is 2. The van der Waals surface area contributed by atoms with Crippen molar-refractivity contribution in [2.45, 2.75) is 164 Å². The summed E-state index contributed by atoms with van der Waals surface area (Å²) in [4.78, 5) is 59.0. The van der Waals surface area contributed by atoms with Gasteiger partial charge in [-0.15, -0.1) is 22.1 Å². The fraction of sp³-hybridized carbons (Fsp3) is 0.545. The average Bonchev–Trinajstić information content (AvgIpc) is 3.99. The van der Waals surface area contributed by atoms with Gasteiger partial charge in [-0.2, -0.15) is 0 Å². The summed E-state index contributed by atoms with van der Waals surface area (Å²) in [5.74, 6) is -0.467. The molecule has 344 valence electrons. The number of carbonyl (C=O) groups is 3. The Morgan fingerprint density at radius 1 is 0.862 bits per heavy atom. The molecular weight excluding hydrogens is 821 g/mol. The second-order valence-corrected chi connectivity index (χ2v) is 19.6. The fourth-order valence-electron chi connectivity index (χ4n) is 10.3. The quantitative estimate of drug-likeness (QED) is 0.0478. The smallest absolute Gasteiger partial charge is 0.657 e. The van der Waals surface area contributed by atoms with Crippen molar-refractivity contribution in [3.05, 3.63) is 87.0 Å². The second kappa shape index (κ2) is 22.9. The standard InChI is InChI=1S/C55H73N4O5.Mg/c1-13-39-35(8)42-28-44-37(10)41(24-25-48(60)64-27-26-34(7)23-17-22-33(6)21-16-20-32(5)19-15-18-31(3)4)52(58-44)50-51(55(62)63-12)54(61)49-38(11)45(59-53(49)50)30-47-40(14-2)36(9)43(57-47)29-46(39)56-42;/h13,26,28-33,37,41,51H,1,14-25,27H2,2-12H3,(H-,56,57,58,59,61);/q-1;+2/p+1/b34-26+;/t32-,33-,37+,41+,51-;/m1./s1. The number of aromatic nitrogens is 4. The number of carbonyl (C=O) groups excluding carboxylic acids is 3. The van der Waals surface area contributed by atoms with E-state index >= 15 is 0 Å². The molecule has 8 bridgehead atoms. The molecule has 0 saturated heterocycles. The molecule has 2 aliphatic heterocycles. The number of methoxy groups -OCH3 is 1. The number of esters is 2. The number of hydrogen-bond acceptors (Lipinski definition) is 5. The number of H-pyrrole nitrogens is 2. The molecule has 0 amide bonds. The van der Waals surface area contributed by atoms with Crippen LogP contribution in [0.15, 0.2) is 36.4 Å². The van der Waals surface area contributed by atoms with Gasteiger partial charge in [0.25, 0.3) is 0 Å². The van der Waals surface area contributed by atoms with Gasteiger partial charge in [0.2, 0.25) is 11.4 Å². The first-order valence-corrected chi connectivity index (χ1v) is 24.1. The van der Waals surface area contributed by atoms with Crippen LogP contribution in [-0.4, -0.2) is 54.5 Å². The Morgan fingerprint density at radius 3 is 2.15 bits per heavy atom. The first-order valence-electron chi connectivity index (χ1n) is 24.1. The van der Waals surface area contributed by atoms with Crippen LogP contribution in [-0.2, 0) is 19.1 Å². The van der Waals surface area contributed by atoms with Gasteiger partial charge >= 0.3 is 35.0 Å². The molecular formula is C55H74MgN4O5+2. The summed E-state index contributed by atoms with van der Waals surface area (Å²) in [6, 6.07) is 6.14.